The number of allylic oxidation sites excluding steroid dienone is 4. The lowest BCUT2D eigenvalue weighted by Gasteiger charge is -2.17. The van der Waals surface area contributed by atoms with Gasteiger partial charge in [0.1, 0.15) is 0 Å². The second-order valence-corrected chi connectivity index (χ2v) is 7.63. The molecule has 0 N–H and O–H groups in total. The highest BCUT2D eigenvalue weighted by Crippen LogP contribution is 2.73. The van der Waals surface area contributed by atoms with Crippen LogP contribution in [0.5, 0.6) is 0 Å². The molecule has 23 heavy (non-hydrogen) atoms. The molecule has 0 radical (unpaired) electrons. The highest BCUT2D eigenvalue weighted by atomic mass is 15.1. The molecule has 1 fully saturated rings. The van der Waals surface area contributed by atoms with Crippen molar-refractivity contribution in [3.8, 4) is 11.3 Å². The van der Waals surface area contributed by atoms with Gasteiger partial charge in [-0.3, -0.25) is 0 Å². The molecule has 1 aromatic carbocycles. The largest absolute Gasteiger partial charge is 0.215 e. The predicted octanol–water partition coefficient (Wildman–Crippen LogP) is 4.88. The van der Waals surface area contributed by atoms with Gasteiger partial charge in [0.25, 0.3) is 0 Å². The van der Waals surface area contributed by atoms with Crippen LogP contribution in [0.25, 0.3) is 11.3 Å². The van der Waals surface area contributed by atoms with E-state index in [1.165, 1.54) is 34.4 Å². The van der Waals surface area contributed by atoms with Gasteiger partial charge in [-0.05, 0) is 44.9 Å². The molecule has 1 aliphatic heterocycles. The zero-order valence-electron chi connectivity index (χ0n) is 14.0. The van der Waals surface area contributed by atoms with E-state index in [9.17, 15) is 0 Å². The fourth-order valence-corrected chi connectivity index (χ4v) is 5.35. The molecule has 0 amide bonds. The van der Waals surface area contributed by atoms with Crippen molar-refractivity contribution in [2.75, 3.05) is 0 Å². The molecule has 2 aliphatic carbocycles. The van der Waals surface area contributed by atoms with Gasteiger partial charge in [0.15, 0.2) is 12.2 Å². The Labute approximate surface area is 138 Å². The zero-order chi connectivity index (χ0) is 15.8. The number of pyridine rings is 1. The summed E-state index contributed by atoms with van der Waals surface area (Å²) in [6, 6.07) is 14.1. The number of rotatable bonds is 0. The molecule has 3 atom stereocenters. The number of hydrogen-bond acceptors (Lipinski definition) is 0. The molecule has 1 aromatic heterocycles. The lowest BCUT2D eigenvalue weighted by Crippen LogP contribution is -2.39. The first-order valence-corrected chi connectivity index (χ1v) is 8.58. The van der Waals surface area contributed by atoms with E-state index >= 15 is 0 Å². The van der Waals surface area contributed by atoms with Crippen molar-refractivity contribution in [2.45, 2.75) is 39.2 Å². The van der Waals surface area contributed by atoms with Crippen LogP contribution in [-0.2, 0) is 0 Å². The van der Waals surface area contributed by atoms with E-state index in [4.69, 9.17) is 0 Å². The Kier molecular flexibility index (Phi) is 2.44. The number of aromatic nitrogens is 1. The van der Waals surface area contributed by atoms with Crippen LogP contribution in [0.15, 0.2) is 65.9 Å². The van der Waals surface area contributed by atoms with Gasteiger partial charge in [-0.25, -0.2) is 0 Å². The highest BCUT2D eigenvalue weighted by Gasteiger charge is 2.73. The fourth-order valence-electron chi connectivity index (χ4n) is 5.35. The van der Waals surface area contributed by atoms with Crippen LogP contribution in [0.2, 0.25) is 0 Å². The minimum Gasteiger partial charge on any atom is -0.194 e. The SMILES string of the molecule is CC1=CC2(CC(C)=C1)C1c3ccccc3-c3c(C)ccc[n+]3C12. The molecular weight excluding hydrogens is 278 g/mol. The third kappa shape index (κ3) is 1.60. The van der Waals surface area contributed by atoms with Crippen molar-refractivity contribution in [2.24, 2.45) is 5.41 Å². The number of benzene rings is 1. The lowest BCUT2D eigenvalue weighted by molar-refractivity contribution is -0.697. The Morgan fingerprint density at radius 3 is 2.70 bits per heavy atom. The summed E-state index contributed by atoms with van der Waals surface area (Å²) in [4.78, 5) is 0. The Morgan fingerprint density at radius 1 is 1.04 bits per heavy atom. The maximum atomic E-state index is 2.56. The molecule has 1 spiro atoms. The molecule has 0 saturated heterocycles. The molecular formula is C22H22N+. The Morgan fingerprint density at radius 2 is 1.87 bits per heavy atom. The fraction of sp³-hybridized carbons (Fsp3) is 0.318. The van der Waals surface area contributed by atoms with E-state index in [0.717, 1.165) is 0 Å². The van der Waals surface area contributed by atoms with Gasteiger partial charge in [-0.2, -0.15) is 4.57 Å². The monoisotopic (exact) mass is 300 g/mol. The molecule has 5 rings (SSSR count). The third-order valence-corrected chi connectivity index (χ3v) is 5.97. The Hall–Kier alpha value is -2.15. The third-order valence-electron chi connectivity index (χ3n) is 5.97. The van der Waals surface area contributed by atoms with Gasteiger partial charge in [0.2, 0.25) is 5.69 Å². The van der Waals surface area contributed by atoms with Gasteiger partial charge < -0.3 is 0 Å². The van der Waals surface area contributed by atoms with Gasteiger partial charge in [0, 0.05) is 11.6 Å². The summed E-state index contributed by atoms with van der Waals surface area (Å²) < 4.78 is 2.56. The molecule has 3 unspecified atom stereocenters. The summed E-state index contributed by atoms with van der Waals surface area (Å²) in [5.41, 5.74) is 9.00. The second kappa shape index (κ2) is 4.23. The molecule has 1 saturated carbocycles. The summed E-state index contributed by atoms with van der Waals surface area (Å²) in [6.45, 7) is 6.78. The summed E-state index contributed by atoms with van der Waals surface area (Å²) in [5, 5.41) is 0. The quantitative estimate of drug-likeness (QED) is 0.610. The maximum absolute atomic E-state index is 2.56. The van der Waals surface area contributed by atoms with E-state index < -0.39 is 0 Å². The first kappa shape index (κ1) is 13.3. The molecule has 114 valence electrons. The van der Waals surface area contributed by atoms with E-state index in [1.54, 1.807) is 5.56 Å². The molecule has 2 aromatic rings. The number of fused-ring (bicyclic) bond motifs is 8. The van der Waals surface area contributed by atoms with Gasteiger partial charge in [-0.15, -0.1) is 0 Å². The Balaban J connectivity index is 1.80. The van der Waals surface area contributed by atoms with Crippen molar-refractivity contribution in [3.05, 3.63) is 77.0 Å². The summed E-state index contributed by atoms with van der Waals surface area (Å²) >= 11 is 0. The standard InChI is InChI=1S/C22H22N/c1-14-11-15(2)13-22(12-14)19-17-8-4-5-9-18(17)20-16(3)7-6-10-23(20)21(19)22/h4-12,19,21H,13H2,1-3H3/q+1. The molecule has 3 aliphatic rings. The van der Waals surface area contributed by atoms with E-state index in [1.807, 2.05) is 0 Å². The minimum absolute atomic E-state index is 0.280. The van der Waals surface area contributed by atoms with Crippen molar-refractivity contribution >= 4 is 0 Å². The number of aryl methyl sites for hydroxylation is 1. The Bertz CT molecular complexity index is 902. The van der Waals surface area contributed by atoms with Crippen molar-refractivity contribution in [3.63, 3.8) is 0 Å². The van der Waals surface area contributed by atoms with E-state index in [0.29, 0.717) is 12.0 Å². The van der Waals surface area contributed by atoms with Crippen LogP contribution in [0.3, 0.4) is 0 Å². The van der Waals surface area contributed by atoms with E-state index in [-0.39, 0.29) is 5.41 Å². The predicted molar refractivity (Wildman–Crippen MR) is 93.2 cm³/mol. The van der Waals surface area contributed by atoms with Gasteiger partial charge >= 0.3 is 0 Å². The normalized spacial score (nSPS) is 30.0. The molecule has 1 nitrogen and oxygen atoms in total. The van der Waals surface area contributed by atoms with Crippen LogP contribution in [0, 0.1) is 12.3 Å². The van der Waals surface area contributed by atoms with Crippen LogP contribution in [0.4, 0.5) is 0 Å². The zero-order valence-corrected chi connectivity index (χ0v) is 14.0. The van der Waals surface area contributed by atoms with Crippen LogP contribution in [0.1, 0.15) is 43.4 Å². The minimum atomic E-state index is 0.280. The average Bonchev–Trinajstić information content (AvgIpc) is 3.13. The van der Waals surface area contributed by atoms with Gasteiger partial charge in [0.05, 0.1) is 16.9 Å². The maximum Gasteiger partial charge on any atom is 0.215 e. The summed E-state index contributed by atoms with van der Waals surface area (Å²) in [7, 11) is 0. The lowest BCUT2D eigenvalue weighted by atomic mass is 9.84. The topological polar surface area (TPSA) is 3.88 Å². The average molecular weight is 300 g/mol. The number of hydrogen-bond donors (Lipinski definition) is 0. The highest BCUT2D eigenvalue weighted by molar-refractivity contribution is 5.69. The molecule has 1 heteroatoms. The van der Waals surface area contributed by atoms with Crippen molar-refractivity contribution < 1.29 is 4.57 Å². The summed E-state index contributed by atoms with van der Waals surface area (Å²) in [5.74, 6) is 0.622. The molecule has 0 bridgehead atoms. The van der Waals surface area contributed by atoms with Crippen LogP contribution in [-0.4, -0.2) is 0 Å². The first-order chi connectivity index (χ1) is 11.1. The summed E-state index contributed by atoms with van der Waals surface area (Å²) in [6.07, 6.45) is 8.38. The number of nitrogens with zero attached hydrogens (tertiary/aromatic N) is 1. The van der Waals surface area contributed by atoms with Gasteiger partial charge in [-0.1, -0.05) is 41.5 Å². The van der Waals surface area contributed by atoms with Crippen molar-refractivity contribution in [1.29, 1.82) is 0 Å². The van der Waals surface area contributed by atoms with Crippen molar-refractivity contribution in [1.82, 2.24) is 0 Å². The van der Waals surface area contributed by atoms with E-state index in [2.05, 4.69) is 80.1 Å². The van der Waals surface area contributed by atoms with Crippen LogP contribution >= 0.6 is 0 Å². The van der Waals surface area contributed by atoms with Crippen LogP contribution < -0.4 is 4.57 Å². The smallest absolute Gasteiger partial charge is 0.194 e. The molecule has 2 heterocycles. The first-order valence-electron chi connectivity index (χ1n) is 8.58. The second-order valence-electron chi connectivity index (χ2n) is 7.63.